The molecule has 0 amide bonds. The Morgan fingerprint density at radius 2 is 1.33 bits per heavy atom. The lowest BCUT2D eigenvalue weighted by molar-refractivity contribution is -0.758. The molecule has 1 aromatic heterocycles. The molecule has 0 atom stereocenters. The number of aliphatic carboxylic acids is 4. The first kappa shape index (κ1) is 39.0. The summed E-state index contributed by atoms with van der Waals surface area (Å²) in [5, 5.41) is 54.4. The quantitative estimate of drug-likeness (QED) is 0.0660. The van der Waals surface area contributed by atoms with E-state index in [1.165, 1.54) is 0 Å². The molecule has 0 radical (unpaired) electrons. The van der Waals surface area contributed by atoms with Crippen molar-refractivity contribution in [3.05, 3.63) is 75.0 Å². The lowest BCUT2D eigenvalue weighted by atomic mass is 10.1. The van der Waals surface area contributed by atoms with Gasteiger partial charge in [-0.25, -0.2) is 19.2 Å². The molecule has 0 unspecified atom stereocenters. The van der Waals surface area contributed by atoms with Crippen LogP contribution in [0.4, 0.5) is 5.69 Å². The standard InChI is InChI=1S/C17H23N5O7.2C4H4O4/c1-27-14-3-4-15-16(5-7-19-17(15)13-14)18-6-2-8-20(9-11-28-21(23)24)10-12-29-22(25)26;2*5-3(6)1-2-4(7)8/h3-5,7,13H,2,6,8-12H2,1H3,(H,18,19);2*1-2H,(H,5,6)(H,7,8)/b;2*2-1+. The molecule has 0 aliphatic rings. The summed E-state index contributed by atoms with van der Waals surface area (Å²) < 4.78 is 5.21. The zero-order valence-corrected chi connectivity index (χ0v) is 23.7. The number of aromatic nitrogens is 1. The molecule has 246 valence electrons. The summed E-state index contributed by atoms with van der Waals surface area (Å²) in [5.74, 6) is -4.30. The molecule has 0 aliphatic heterocycles. The van der Waals surface area contributed by atoms with Gasteiger partial charge in [-0.1, -0.05) is 0 Å². The number of nitrogens with one attached hydrogen (secondary N) is 1. The van der Waals surface area contributed by atoms with Crippen molar-refractivity contribution in [1.29, 1.82) is 0 Å². The van der Waals surface area contributed by atoms with Gasteiger partial charge in [-0.15, -0.1) is 20.2 Å². The third-order valence-corrected chi connectivity index (χ3v) is 4.86. The maximum absolute atomic E-state index is 10.3. The van der Waals surface area contributed by atoms with Crippen LogP contribution in [0.25, 0.3) is 10.9 Å². The molecule has 1 heterocycles. The predicted octanol–water partition coefficient (Wildman–Crippen LogP) is 1.19. The fourth-order valence-electron chi connectivity index (χ4n) is 3.04. The van der Waals surface area contributed by atoms with E-state index in [9.17, 15) is 39.4 Å². The van der Waals surface area contributed by atoms with Gasteiger partial charge in [0, 0.05) is 67.3 Å². The molecule has 20 nitrogen and oxygen atoms in total. The Bertz CT molecular complexity index is 1260. The van der Waals surface area contributed by atoms with E-state index in [0.717, 1.165) is 22.3 Å². The van der Waals surface area contributed by atoms with Gasteiger partial charge in [0.1, 0.15) is 19.0 Å². The van der Waals surface area contributed by atoms with Gasteiger partial charge in [0.05, 0.1) is 12.6 Å². The van der Waals surface area contributed by atoms with Crippen molar-refractivity contribution in [2.75, 3.05) is 51.8 Å². The summed E-state index contributed by atoms with van der Waals surface area (Å²) in [6.45, 7) is 1.49. The van der Waals surface area contributed by atoms with Crippen LogP contribution in [0.1, 0.15) is 6.42 Å². The third kappa shape index (κ3) is 21.3. The summed E-state index contributed by atoms with van der Waals surface area (Å²) in [6.07, 6.45) is 4.65. The molecule has 0 saturated heterocycles. The van der Waals surface area contributed by atoms with E-state index in [-0.39, 0.29) is 26.3 Å². The number of hydrogen-bond donors (Lipinski definition) is 5. The number of ether oxygens (including phenoxy) is 1. The van der Waals surface area contributed by atoms with Crippen LogP contribution in [-0.2, 0) is 28.9 Å². The molecule has 0 saturated carbocycles. The van der Waals surface area contributed by atoms with E-state index in [1.807, 2.05) is 29.2 Å². The first-order valence-corrected chi connectivity index (χ1v) is 12.5. The van der Waals surface area contributed by atoms with Gasteiger partial charge in [-0.2, -0.15) is 0 Å². The maximum atomic E-state index is 10.3. The Morgan fingerprint density at radius 1 is 0.844 bits per heavy atom. The maximum Gasteiger partial charge on any atom is 0.328 e. The van der Waals surface area contributed by atoms with Crippen LogP contribution in [-0.4, -0.2) is 111 Å². The number of carboxylic acids is 4. The minimum atomic E-state index is -1.26. The van der Waals surface area contributed by atoms with E-state index in [4.69, 9.17) is 25.2 Å². The Labute approximate surface area is 253 Å². The zero-order chi connectivity index (χ0) is 34.2. The predicted molar refractivity (Wildman–Crippen MR) is 153 cm³/mol. The van der Waals surface area contributed by atoms with Crippen molar-refractivity contribution in [2.24, 2.45) is 0 Å². The van der Waals surface area contributed by atoms with Crippen LogP contribution < -0.4 is 10.1 Å². The number of rotatable bonds is 18. The van der Waals surface area contributed by atoms with Crippen LogP contribution >= 0.6 is 0 Å². The highest BCUT2D eigenvalue weighted by Gasteiger charge is 2.08. The van der Waals surface area contributed by atoms with Gasteiger partial charge in [-0.3, -0.25) is 9.88 Å². The number of fused-ring (bicyclic) bond motifs is 1. The second-order valence-electron chi connectivity index (χ2n) is 8.00. The summed E-state index contributed by atoms with van der Waals surface area (Å²) in [5.41, 5.74) is 1.74. The van der Waals surface area contributed by atoms with Gasteiger partial charge < -0.3 is 40.2 Å². The summed E-state index contributed by atoms with van der Waals surface area (Å²) in [7, 11) is 1.60. The van der Waals surface area contributed by atoms with E-state index >= 15 is 0 Å². The molecule has 1 aromatic carbocycles. The van der Waals surface area contributed by atoms with Gasteiger partial charge in [0.2, 0.25) is 0 Å². The van der Waals surface area contributed by atoms with Crippen molar-refractivity contribution >= 4 is 40.5 Å². The highest BCUT2D eigenvalue weighted by atomic mass is 17.0. The number of benzene rings is 1. The highest BCUT2D eigenvalue weighted by Crippen LogP contribution is 2.25. The first-order chi connectivity index (χ1) is 21.2. The molecule has 5 N–H and O–H groups in total. The molecule has 0 aliphatic carbocycles. The molecule has 45 heavy (non-hydrogen) atoms. The Morgan fingerprint density at radius 3 is 1.76 bits per heavy atom. The van der Waals surface area contributed by atoms with Crippen molar-refractivity contribution in [3.8, 4) is 5.75 Å². The van der Waals surface area contributed by atoms with Crippen LogP contribution in [0.2, 0.25) is 0 Å². The monoisotopic (exact) mass is 641 g/mol. The number of hydrogen-bond acceptors (Lipinski definition) is 14. The summed E-state index contributed by atoms with van der Waals surface area (Å²) >= 11 is 0. The topological polar surface area (TPSA) is 291 Å². The summed E-state index contributed by atoms with van der Waals surface area (Å²) in [6, 6.07) is 7.52. The Balaban J connectivity index is 0.000000991. The minimum Gasteiger partial charge on any atom is -0.497 e. The normalized spacial score (nSPS) is 10.3. The van der Waals surface area contributed by atoms with Crippen molar-refractivity contribution in [2.45, 2.75) is 6.42 Å². The lowest BCUT2D eigenvalue weighted by Crippen LogP contribution is -2.33. The second kappa shape index (κ2) is 22.5. The van der Waals surface area contributed by atoms with E-state index in [2.05, 4.69) is 20.0 Å². The number of nitrogens with zero attached hydrogens (tertiary/aromatic N) is 4. The molecule has 0 fully saturated rings. The molecular formula is C25H31N5O15. The van der Waals surface area contributed by atoms with Crippen LogP contribution in [0, 0.1) is 20.2 Å². The fraction of sp³-hybridized carbons (Fsp3) is 0.320. The number of carbonyl (C=O) groups is 4. The van der Waals surface area contributed by atoms with Crippen molar-refractivity contribution in [3.63, 3.8) is 0 Å². The number of pyridine rings is 1. The van der Waals surface area contributed by atoms with E-state index < -0.39 is 34.1 Å². The first-order valence-electron chi connectivity index (χ1n) is 12.5. The zero-order valence-electron chi connectivity index (χ0n) is 23.7. The van der Waals surface area contributed by atoms with Gasteiger partial charge in [0.25, 0.3) is 10.2 Å². The SMILES string of the molecule is COc1ccc2c(NCCCN(CCO[N+](=O)[O-])CCO[N+](=O)[O-])ccnc2c1.O=C(O)/C=C/C(=O)O.O=C(O)/C=C/C(=O)O. The fourth-order valence-corrected chi connectivity index (χ4v) is 3.04. The van der Waals surface area contributed by atoms with Crippen LogP contribution in [0.5, 0.6) is 5.75 Å². The highest BCUT2D eigenvalue weighted by molar-refractivity contribution is 5.92. The molecule has 0 bridgehead atoms. The largest absolute Gasteiger partial charge is 0.497 e. The molecule has 0 spiro atoms. The number of anilines is 1. The van der Waals surface area contributed by atoms with E-state index in [0.29, 0.717) is 43.8 Å². The van der Waals surface area contributed by atoms with E-state index in [1.54, 1.807) is 13.3 Å². The minimum absolute atomic E-state index is 0.115. The van der Waals surface area contributed by atoms with Crippen LogP contribution in [0.3, 0.4) is 0 Å². The molecule has 2 aromatic rings. The van der Waals surface area contributed by atoms with Gasteiger partial charge in [0.15, 0.2) is 0 Å². The van der Waals surface area contributed by atoms with Gasteiger partial charge >= 0.3 is 23.9 Å². The van der Waals surface area contributed by atoms with Crippen LogP contribution in [0.15, 0.2) is 54.8 Å². The third-order valence-electron chi connectivity index (χ3n) is 4.86. The number of carboxylic acid groups (broad SMARTS) is 4. The average Bonchev–Trinajstić information content (AvgIpc) is 2.97. The Kier molecular flexibility index (Phi) is 19.5. The lowest BCUT2D eigenvalue weighted by Gasteiger charge is -2.21. The summed E-state index contributed by atoms with van der Waals surface area (Å²) in [4.78, 5) is 73.5. The molecule has 20 heteroatoms. The second-order valence-corrected chi connectivity index (χ2v) is 8.00. The Hall–Kier alpha value is -6.05. The smallest absolute Gasteiger partial charge is 0.328 e. The van der Waals surface area contributed by atoms with Crippen molar-refractivity contribution in [1.82, 2.24) is 9.88 Å². The number of methoxy groups -OCH3 is 1. The molecular weight excluding hydrogens is 610 g/mol. The average molecular weight is 642 g/mol. The van der Waals surface area contributed by atoms with Crippen molar-refractivity contribution < 1.29 is 64.2 Å². The van der Waals surface area contributed by atoms with Gasteiger partial charge in [-0.05, 0) is 31.2 Å². The molecule has 2 rings (SSSR count).